The molecule has 0 atom stereocenters. The highest BCUT2D eigenvalue weighted by atomic mass is 16.6. The van der Waals surface area contributed by atoms with Crippen molar-refractivity contribution in [1.29, 1.82) is 0 Å². The number of carbonyl (C=O) groups excluding carboxylic acids is 4. The topological polar surface area (TPSA) is 105 Å². The molecule has 9 heteroatoms. The van der Waals surface area contributed by atoms with Crippen molar-refractivity contribution < 1.29 is 28.7 Å². The summed E-state index contributed by atoms with van der Waals surface area (Å²) in [6, 6.07) is 13.7. The van der Waals surface area contributed by atoms with Gasteiger partial charge in [0.2, 0.25) is 5.91 Å². The predicted octanol–water partition coefficient (Wildman–Crippen LogP) is 4.65. The molecule has 42 heavy (non-hydrogen) atoms. The van der Waals surface area contributed by atoms with Crippen molar-refractivity contribution in [3.63, 3.8) is 0 Å². The fourth-order valence-corrected chi connectivity index (χ4v) is 6.53. The molecule has 3 amide bonds. The van der Waals surface area contributed by atoms with Crippen LogP contribution in [-0.2, 0) is 49.7 Å². The number of anilines is 1. The van der Waals surface area contributed by atoms with Gasteiger partial charge in [-0.25, -0.2) is 4.79 Å². The van der Waals surface area contributed by atoms with Crippen LogP contribution in [0.4, 0.5) is 10.5 Å². The zero-order valence-corrected chi connectivity index (χ0v) is 24.7. The van der Waals surface area contributed by atoms with Crippen molar-refractivity contribution in [2.75, 3.05) is 31.6 Å². The molecule has 0 bridgehead atoms. The minimum atomic E-state index is -1.78. The molecule has 0 spiro atoms. The summed E-state index contributed by atoms with van der Waals surface area (Å²) in [5.41, 5.74) is 3.47. The molecule has 2 aromatic rings. The lowest BCUT2D eigenvalue weighted by Gasteiger charge is -2.41. The van der Waals surface area contributed by atoms with Gasteiger partial charge < -0.3 is 24.6 Å². The number of aryl methyl sites for hydroxylation is 2. The van der Waals surface area contributed by atoms with E-state index in [1.54, 1.807) is 18.7 Å². The summed E-state index contributed by atoms with van der Waals surface area (Å²) >= 11 is 0. The monoisotopic (exact) mass is 575 g/mol. The summed E-state index contributed by atoms with van der Waals surface area (Å²) in [6.45, 7) is 4.93. The summed E-state index contributed by atoms with van der Waals surface area (Å²) in [7, 11) is 0. The van der Waals surface area contributed by atoms with Crippen LogP contribution in [0, 0.1) is 5.41 Å². The normalized spacial score (nSPS) is 17.1. The number of esters is 2. The van der Waals surface area contributed by atoms with Gasteiger partial charge in [0.1, 0.15) is 0 Å². The van der Waals surface area contributed by atoms with Crippen LogP contribution >= 0.6 is 0 Å². The molecule has 0 aromatic heterocycles. The number of nitrogens with zero attached hydrogens (tertiary/aromatic N) is 2. The van der Waals surface area contributed by atoms with Crippen molar-refractivity contribution in [2.24, 2.45) is 5.41 Å². The molecule has 0 unspecified atom stereocenters. The molecule has 2 aromatic carbocycles. The van der Waals surface area contributed by atoms with Gasteiger partial charge in [-0.2, -0.15) is 0 Å². The quantitative estimate of drug-likeness (QED) is 0.345. The fraction of sp³-hybridized carbons (Fsp3) is 0.515. The third kappa shape index (κ3) is 6.15. The number of nitrogens with one attached hydrogen (secondary N) is 1. The molecule has 1 N–H and O–H groups in total. The van der Waals surface area contributed by atoms with E-state index in [0.29, 0.717) is 32.5 Å². The van der Waals surface area contributed by atoms with E-state index in [9.17, 15) is 19.2 Å². The van der Waals surface area contributed by atoms with Gasteiger partial charge >= 0.3 is 18.0 Å². The Balaban J connectivity index is 1.32. The van der Waals surface area contributed by atoms with E-state index in [1.807, 2.05) is 35.2 Å². The van der Waals surface area contributed by atoms with Gasteiger partial charge in [0.05, 0.1) is 19.6 Å². The largest absolute Gasteiger partial charge is 0.465 e. The first-order valence-electron chi connectivity index (χ1n) is 15.2. The number of hydrogen-bond donors (Lipinski definition) is 1. The van der Waals surface area contributed by atoms with Gasteiger partial charge in [-0.3, -0.25) is 14.4 Å². The number of urea groups is 1. The average molecular weight is 576 g/mol. The summed E-state index contributed by atoms with van der Waals surface area (Å²) < 4.78 is 10.8. The first-order chi connectivity index (χ1) is 20.3. The Labute approximate surface area is 247 Å². The molecule has 1 fully saturated rings. The summed E-state index contributed by atoms with van der Waals surface area (Å²) in [6.07, 6.45) is 5.17. The zero-order valence-electron chi connectivity index (χ0n) is 24.7. The summed E-state index contributed by atoms with van der Waals surface area (Å²) in [5, 5.41) is 2.97. The fourth-order valence-electron chi connectivity index (χ4n) is 6.53. The van der Waals surface area contributed by atoms with Gasteiger partial charge in [-0.05, 0) is 87.1 Å². The van der Waals surface area contributed by atoms with Crippen LogP contribution < -0.4 is 5.32 Å². The van der Waals surface area contributed by atoms with E-state index >= 15 is 0 Å². The van der Waals surface area contributed by atoms with E-state index in [0.717, 1.165) is 42.5 Å². The Hall–Kier alpha value is -3.88. The number of ether oxygens (including phenoxy) is 2. The number of rotatable bonds is 9. The Morgan fingerprint density at radius 1 is 0.905 bits per heavy atom. The maximum Gasteiger partial charge on any atom is 0.324 e. The van der Waals surface area contributed by atoms with E-state index in [2.05, 4.69) is 17.4 Å². The van der Waals surface area contributed by atoms with E-state index < -0.39 is 17.4 Å². The average Bonchev–Trinajstić information content (AvgIpc) is 3.00. The number of amides is 3. The zero-order chi connectivity index (χ0) is 29.7. The van der Waals surface area contributed by atoms with E-state index in [1.165, 1.54) is 11.1 Å². The molecule has 0 saturated carbocycles. The van der Waals surface area contributed by atoms with Gasteiger partial charge in [-0.1, -0.05) is 36.4 Å². The van der Waals surface area contributed by atoms with Crippen molar-refractivity contribution in [1.82, 2.24) is 9.80 Å². The Kier molecular flexibility index (Phi) is 9.14. The SMILES string of the molecule is CCOC(=O)C(CC(=O)N1CCC(N2Cc3ccccc3NC2=O)CC1)(Cc1ccc2c(c1)CCCC2)C(=O)OCC. The second-order valence-electron chi connectivity index (χ2n) is 11.5. The van der Waals surface area contributed by atoms with Crippen LogP contribution in [-0.4, -0.2) is 66.0 Å². The minimum Gasteiger partial charge on any atom is -0.465 e. The van der Waals surface area contributed by atoms with Crippen LogP contribution in [0.5, 0.6) is 0 Å². The maximum atomic E-state index is 13.8. The van der Waals surface area contributed by atoms with Crippen molar-refractivity contribution in [3.05, 3.63) is 64.7 Å². The number of benzene rings is 2. The van der Waals surface area contributed by atoms with Crippen LogP contribution in [0.1, 0.15) is 68.2 Å². The summed E-state index contributed by atoms with van der Waals surface area (Å²) in [4.78, 5) is 57.2. The number of piperidine rings is 1. The highest BCUT2D eigenvalue weighted by Gasteiger charge is 2.51. The molecule has 3 aliphatic rings. The van der Waals surface area contributed by atoms with Crippen molar-refractivity contribution >= 4 is 29.6 Å². The lowest BCUT2D eigenvalue weighted by atomic mass is 9.76. The van der Waals surface area contributed by atoms with Crippen molar-refractivity contribution in [2.45, 2.75) is 77.8 Å². The van der Waals surface area contributed by atoms with Crippen LogP contribution in [0.2, 0.25) is 0 Å². The lowest BCUT2D eigenvalue weighted by molar-refractivity contribution is -0.175. The number of hydrogen-bond acceptors (Lipinski definition) is 6. The molecule has 2 heterocycles. The van der Waals surface area contributed by atoms with E-state index in [-0.39, 0.29) is 44.0 Å². The molecule has 9 nitrogen and oxygen atoms in total. The summed E-state index contributed by atoms with van der Waals surface area (Å²) in [5.74, 6) is -1.75. The van der Waals surface area contributed by atoms with Crippen LogP contribution in [0.25, 0.3) is 0 Å². The van der Waals surface area contributed by atoms with Gasteiger partial charge in [0, 0.05) is 31.4 Å². The minimum absolute atomic E-state index is 0.0160. The van der Waals surface area contributed by atoms with Gasteiger partial charge in [-0.15, -0.1) is 0 Å². The number of likely N-dealkylation sites (tertiary alicyclic amines) is 1. The second-order valence-corrected chi connectivity index (χ2v) is 11.5. The molecule has 1 aliphatic carbocycles. The van der Waals surface area contributed by atoms with E-state index in [4.69, 9.17) is 9.47 Å². The third-order valence-electron chi connectivity index (χ3n) is 8.82. The van der Waals surface area contributed by atoms with Gasteiger partial charge in [0.15, 0.2) is 5.41 Å². The second kappa shape index (κ2) is 13.0. The highest BCUT2D eigenvalue weighted by Crippen LogP contribution is 2.35. The molecular formula is C33H41N3O6. The standard InChI is InChI=1S/C33H41N3O6/c1-3-41-30(38)33(31(39)42-4-2,20-23-13-14-24-9-5-6-10-25(24)19-23)21-29(37)35-17-15-27(16-18-35)36-22-26-11-7-8-12-28(26)34-32(36)40/h7-8,11-14,19,27H,3-6,9-10,15-18,20-22H2,1-2H3,(H,34,40). The van der Waals surface area contributed by atoms with Crippen LogP contribution in [0.15, 0.2) is 42.5 Å². The maximum absolute atomic E-state index is 13.8. The first kappa shape index (κ1) is 29.6. The molecule has 224 valence electrons. The third-order valence-corrected chi connectivity index (χ3v) is 8.82. The Bertz CT molecular complexity index is 1310. The number of carbonyl (C=O) groups is 4. The first-order valence-corrected chi connectivity index (χ1v) is 15.2. The number of para-hydroxylation sites is 1. The van der Waals surface area contributed by atoms with Crippen LogP contribution in [0.3, 0.4) is 0 Å². The predicted molar refractivity (Wildman–Crippen MR) is 158 cm³/mol. The molecule has 1 saturated heterocycles. The molecule has 5 rings (SSSR count). The molecular weight excluding hydrogens is 534 g/mol. The van der Waals surface area contributed by atoms with Crippen molar-refractivity contribution in [3.8, 4) is 0 Å². The molecule has 2 aliphatic heterocycles. The lowest BCUT2D eigenvalue weighted by Crippen LogP contribution is -2.53. The molecule has 0 radical (unpaired) electrons. The Morgan fingerprint density at radius 3 is 2.26 bits per heavy atom. The number of fused-ring (bicyclic) bond motifs is 2. The highest BCUT2D eigenvalue weighted by molar-refractivity contribution is 6.04. The Morgan fingerprint density at radius 2 is 1.57 bits per heavy atom. The smallest absolute Gasteiger partial charge is 0.324 e. The van der Waals surface area contributed by atoms with Gasteiger partial charge in [0.25, 0.3) is 0 Å².